The molecule has 0 saturated heterocycles. The second kappa shape index (κ2) is 3.46. The van der Waals surface area contributed by atoms with E-state index in [0.717, 1.165) is 6.42 Å². The maximum Gasteiger partial charge on any atom is -0.000740 e. The Morgan fingerprint density at radius 1 is 0.722 bits per heavy atom. The van der Waals surface area contributed by atoms with Crippen molar-refractivity contribution < 1.29 is 0 Å². The summed E-state index contributed by atoms with van der Waals surface area (Å²) in [6.07, 6.45) is 5.61. The molecular weight excluding hydrogens is 216 g/mol. The van der Waals surface area contributed by atoms with Gasteiger partial charge in [0.2, 0.25) is 0 Å². The van der Waals surface area contributed by atoms with Crippen LogP contribution in [0.2, 0.25) is 0 Å². The van der Waals surface area contributed by atoms with Crippen LogP contribution < -0.4 is 0 Å². The van der Waals surface area contributed by atoms with Crippen molar-refractivity contribution in [2.24, 2.45) is 0 Å². The summed E-state index contributed by atoms with van der Waals surface area (Å²) in [5.74, 6) is 0. The fourth-order valence-electron chi connectivity index (χ4n) is 3.15. The Balaban J connectivity index is 2.18. The number of benzene rings is 2. The van der Waals surface area contributed by atoms with Gasteiger partial charge in [0.1, 0.15) is 0 Å². The first kappa shape index (κ1) is 9.90. The van der Waals surface area contributed by atoms with Crippen LogP contribution >= 0.6 is 0 Å². The Bertz CT molecular complexity index is 715. The van der Waals surface area contributed by atoms with E-state index in [1.807, 2.05) is 0 Å². The first-order valence-corrected chi connectivity index (χ1v) is 6.44. The molecule has 0 saturated carbocycles. The topological polar surface area (TPSA) is 0 Å². The van der Waals surface area contributed by atoms with Crippen molar-refractivity contribution in [3.8, 4) is 11.1 Å². The number of fused-ring (bicyclic) bond motifs is 4. The predicted octanol–water partition coefficient (Wildman–Crippen LogP) is 4.71. The largest absolute Gasteiger partial charge is 0.0616 e. The average molecular weight is 230 g/mol. The molecule has 2 aromatic rings. The van der Waals surface area contributed by atoms with Gasteiger partial charge >= 0.3 is 0 Å². The number of hydrogen-bond acceptors (Lipinski definition) is 0. The smallest absolute Gasteiger partial charge is 0.000740 e. The van der Waals surface area contributed by atoms with Crippen molar-refractivity contribution in [1.29, 1.82) is 0 Å². The van der Waals surface area contributed by atoms with E-state index in [9.17, 15) is 0 Å². The van der Waals surface area contributed by atoms with Crippen LogP contribution in [0.1, 0.15) is 23.6 Å². The molecule has 0 heterocycles. The molecule has 0 aromatic heterocycles. The van der Waals surface area contributed by atoms with E-state index in [4.69, 9.17) is 0 Å². The Morgan fingerprint density at radius 2 is 1.44 bits per heavy atom. The van der Waals surface area contributed by atoms with Crippen LogP contribution in [0.4, 0.5) is 0 Å². The Kier molecular flexibility index (Phi) is 1.90. The van der Waals surface area contributed by atoms with Gasteiger partial charge in [-0.2, -0.15) is 0 Å². The molecule has 4 rings (SSSR count). The summed E-state index contributed by atoms with van der Waals surface area (Å²) in [4.78, 5) is 0. The molecule has 0 unspecified atom stereocenters. The van der Waals surface area contributed by atoms with Gasteiger partial charge in [-0.1, -0.05) is 54.6 Å². The first-order chi connectivity index (χ1) is 8.84. The van der Waals surface area contributed by atoms with Gasteiger partial charge in [0.25, 0.3) is 0 Å². The van der Waals surface area contributed by atoms with Gasteiger partial charge in [-0.05, 0) is 52.3 Å². The average Bonchev–Trinajstić information content (AvgIpc) is 2.58. The lowest BCUT2D eigenvalue weighted by Crippen LogP contribution is -2.04. The van der Waals surface area contributed by atoms with Crippen LogP contribution in [0.3, 0.4) is 0 Å². The highest BCUT2D eigenvalue weighted by Gasteiger charge is 2.22. The summed E-state index contributed by atoms with van der Waals surface area (Å²) in [5.41, 5.74) is 9.91. The van der Waals surface area contributed by atoms with E-state index in [1.54, 1.807) is 0 Å². The molecule has 0 amide bonds. The minimum atomic E-state index is 1.07. The van der Waals surface area contributed by atoms with Gasteiger partial charge in [0.15, 0.2) is 0 Å². The standard InChI is InChI=1S/C18H14/c1-12-9-10-13-11-18-14(12)7-4-8-17(18)16-6-3-2-5-15(13)16/h2-10H,11H2,1H3. The third-order valence-electron chi connectivity index (χ3n) is 4.07. The molecule has 2 aromatic carbocycles. The first-order valence-electron chi connectivity index (χ1n) is 6.44. The molecule has 0 fully saturated rings. The van der Waals surface area contributed by atoms with Crippen LogP contribution in [0, 0.1) is 0 Å². The third-order valence-corrected chi connectivity index (χ3v) is 4.07. The van der Waals surface area contributed by atoms with Crippen LogP contribution in [-0.4, -0.2) is 0 Å². The lowest BCUT2D eigenvalue weighted by molar-refractivity contribution is 1.24. The van der Waals surface area contributed by atoms with Gasteiger partial charge in [-0.3, -0.25) is 0 Å². The highest BCUT2D eigenvalue weighted by atomic mass is 14.3. The summed E-state index contributed by atoms with van der Waals surface area (Å²) in [5, 5.41) is 0. The van der Waals surface area contributed by atoms with Crippen molar-refractivity contribution in [3.05, 3.63) is 71.3 Å². The number of hydrogen-bond donors (Lipinski definition) is 0. The van der Waals surface area contributed by atoms with E-state index in [-0.39, 0.29) is 0 Å². The van der Waals surface area contributed by atoms with Gasteiger partial charge in [0.05, 0.1) is 0 Å². The molecule has 0 radical (unpaired) electrons. The van der Waals surface area contributed by atoms with Crippen molar-refractivity contribution in [2.75, 3.05) is 0 Å². The number of rotatable bonds is 0. The molecule has 0 aliphatic heterocycles. The maximum atomic E-state index is 2.29. The molecule has 2 aliphatic carbocycles. The zero-order valence-corrected chi connectivity index (χ0v) is 10.4. The highest BCUT2D eigenvalue weighted by molar-refractivity contribution is 5.93. The molecule has 2 bridgehead atoms. The monoisotopic (exact) mass is 230 g/mol. The van der Waals surface area contributed by atoms with Crippen LogP contribution in [0.25, 0.3) is 22.3 Å². The quantitative estimate of drug-likeness (QED) is 0.615. The van der Waals surface area contributed by atoms with Crippen molar-refractivity contribution in [3.63, 3.8) is 0 Å². The summed E-state index contributed by atoms with van der Waals surface area (Å²) >= 11 is 0. The molecule has 0 heteroatoms. The van der Waals surface area contributed by atoms with E-state index in [0.29, 0.717) is 0 Å². The van der Waals surface area contributed by atoms with Crippen LogP contribution in [0.5, 0.6) is 0 Å². The van der Waals surface area contributed by atoms with Gasteiger partial charge in [-0.15, -0.1) is 0 Å². The van der Waals surface area contributed by atoms with E-state index in [2.05, 4.69) is 61.5 Å². The second-order valence-electron chi connectivity index (χ2n) is 5.10. The minimum Gasteiger partial charge on any atom is -0.0616 e. The fraction of sp³-hybridized carbons (Fsp3) is 0.111. The molecule has 2 aliphatic rings. The second-order valence-corrected chi connectivity index (χ2v) is 5.10. The minimum absolute atomic E-state index is 1.07. The molecule has 0 N–H and O–H groups in total. The zero-order chi connectivity index (χ0) is 12.1. The van der Waals surface area contributed by atoms with Crippen molar-refractivity contribution in [1.82, 2.24) is 0 Å². The molecular formula is C18H14. The Hall–Kier alpha value is -2.08. The molecule has 0 nitrogen and oxygen atoms in total. The lowest BCUT2D eigenvalue weighted by Gasteiger charge is -2.23. The van der Waals surface area contributed by atoms with Crippen LogP contribution in [0.15, 0.2) is 54.6 Å². The summed E-state index contributed by atoms with van der Waals surface area (Å²) in [6.45, 7) is 2.21. The zero-order valence-electron chi connectivity index (χ0n) is 10.4. The summed E-state index contributed by atoms with van der Waals surface area (Å²) < 4.78 is 0. The molecule has 0 spiro atoms. The highest BCUT2D eigenvalue weighted by Crippen LogP contribution is 2.43. The predicted molar refractivity (Wildman–Crippen MR) is 77.2 cm³/mol. The van der Waals surface area contributed by atoms with Gasteiger partial charge < -0.3 is 0 Å². The Morgan fingerprint density at radius 3 is 2.33 bits per heavy atom. The molecule has 0 atom stereocenters. The van der Waals surface area contributed by atoms with Crippen LogP contribution in [-0.2, 0) is 6.42 Å². The maximum absolute atomic E-state index is 2.29. The Labute approximate surface area is 107 Å². The fourth-order valence-corrected chi connectivity index (χ4v) is 3.15. The van der Waals surface area contributed by atoms with Crippen molar-refractivity contribution >= 4 is 11.1 Å². The SMILES string of the molecule is CC1=CC=C2Cc3c1cccc3-c1ccccc12. The normalized spacial score (nSPS) is 15.4. The van der Waals surface area contributed by atoms with Crippen molar-refractivity contribution in [2.45, 2.75) is 13.3 Å². The third kappa shape index (κ3) is 1.20. The summed E-state index contributed by atoms with van der Waals surface area (Å²) in [6, 6.07) is 15.4. The van der Waals surface area contributed by atoms with Gasteiger partial charge in [0, 0.05) is 0 Å². The van der Waals surface area contributed by atoms with E-state index >= 15 is 0 Å². The molecule has 18 heavy (non-hydrogen) atoms. The molecule has 86 valence electrons. The van der Waals surface area contributed by atoms with E-state index < -0.39 is 0 Å². The lowest BCUT2D eigenvalue weighted by atomic mass is 9.80. The number of allylic oxidation sites excluding steroid dienone is 4. The van der Waals surface area contributed by atoms with Gasteiger partial charge in [-0.25, -0.2) is 0 Å². The van der Waals surface area contributed by atoms with E-state index in [1.165, 1.54) is 39.0 Å². The summed E-state index contributed by atoms with van der Waals surface area (Å²) in [7, 11) is 0.